The summed E-state index contributed by atoms with van der Waals surface area (Å²) in [6.45, 7) is 6.09. The summed E-state index contributed by atoms with van der Waals surface area (Å²) in [5.41, 5.74) is 2.92. The summed E-state index contributed by atoms with van der Waals surface area (Å²) in [6.07, 6.45) is 2.09. The minimum absolute atomic E-state index is 0.914. The Morgan fingerprint density at radius 1 is 1.05 bits per heavy atom. The van der Waals surface area contributed by atoms with Gasteiger partial charge in [0.25, 0.3) is 0 Å². The number of hydrogen-bond donors (Lipinski definition) is 1. The Balaban J connectivity index is 2.32. The average Bonchev–Trinajstić information content (AvgIpc) is 2.92. The maximum atomic E-state index is 5.89. The van der Waals surface area contributed by atoms with Gasteiger partial charge in [-0.1, -0.05) is 30.9 Å². The molecule has 0 radical (unpaired) electrons. The minimum atomic E-state index is 0.914. The Morgan fingerprint density at radius 3 is 2.74 bits per heavy atom. The maximum absolute atomic E-state index is 5.89. The number of hydrogen-bond acceptors (Lipinski definition) is 1. The van der Waals surface area contributed by atoms with Crippen molar-refractivity contribution in [3.63, 3.8) is 0 Å². The number of rotatable bonds is 0. The zero-order chi connectivity index (χ0) is 13.0. The number of nitrogens with one attached hydrogen (secondary N) is 1. The lowest BCUT2D eigenvalue weighted by Gasteiger charge is -1.91. The smallest absolute Gasteiger partial charge is 0.137 e. The summed E-state index contributed by atoms with van der Waals surface area (Å²) in [7, 11) is 0. The standard InChI is InChI=1S/C17H13NO/c1-3-11-10(2)18-15-9-17-14(8-13(11)15)12-6-4-5-7-16(12)19-17/h3-9,18H,2H2,1H3/b11-3+. The summed E-state index contributed by atoms with van der Waals surface area (Å²) in [4.78, 5) is 3.31. The highest BCUT2D eigenvalue weighted by atomic mass is 16.3. The first-order valence-corrected chi connectivity index (χ1v) is 6.36. The lowest BCUT2D eigenvalue weighted by Crippen LogP contribution is -2.19. The molecular weight excluding hydrogens is 234 g/mol. The van der Waals surface area contributed by atoms with E-state index in [1.54, 1.807) is 0 Å². The fourth-order valence-corrected chi connectivity index (χ4v) is 2.82. The normalized spacial score (nSPS) is 13.0. The lowest BCUT2D eigenvalue weighted by atomic mass is 10.1. The topological polar surface area (TPSA) is 28.9 Å². The molecule has 0 amide bonds. The zero-order valence-corrected chi connectivity index (χ0v) is 10.7. The van der Waals surface area contributed by atoms with Crippen molar-refractivity contribution in [2.24, 2.45) is 0 Å². The number of benzene rings is 2. The highest BCUT2D eigenvalue weighted by molar-refractivity contribution is 6.09. The summed E-state index contributed by atoms with van der Waals surface area (Å²) in [5.74, 6) is 0. The van der Waals surface area contributed by atoms with Crippen LogP contribution in [0.3, 0.4) is 0 Å². The third-order valence-corrected chi connectivity index (χ3v) is 3.71. The first-order chi connectivity index (χ1) is 9.28. The molecule has 0 unspecified atom stereocenters. The molecule has 0 aliphatic heterocycles. The molecule has 0 saturated heterocycles. The van der Waals surface area contributed by atoms with Crippen molar-refractivity contribution in [1.82, 2.24) is 4.98 Å². The Kier molecular flexibility index (Phi) is 1.93. The van der Waals surface area contributed by atoms with Crippen LogP contribution in [0.2, 0.25) is 0 Å². The monoisotopic (exact) mass is 247 g/mol. The molecule has 0 atom stereocenters. The number of para-hydroxylation sites is 1. The SMILES string of the molecule is C=c1[nH]c2cc3oc4ccccc4c3cc2/c1=C/C. The van der Waals surface area contributed by atoms with E-state index in [4.69, 9.17) is 4.42 Å². The number of aromatic amines is 1. The van der Waals surface area contributed by atoms with Gasteiger partial charge in [-0.2, -0.15) is 0 Å². The van der Waals surface area contributed by atoms with Gasteiger partial charge >= 0.3 is 0 Å². The molecule has 2 nitrogen and oxygen atoms in total. The molecule has 2 aromatic heterocycles. The second-order valence-corrected chi connectivity index (χ2v) is 4.80. The first-order valence-electron chi connectivity index (χ1n) is 6.36. The molecule has 0 saturated carbocycles. The Bertz CT molecular complexity index is 1030. The van der Waals surface area contributed by atoms with E-state index in [1.165, 1.54) is 10.6 Å². The zero-order valence-electron chi connectivity index (χ0n) is 10.7. The molecular formula is C17H13NO. The van der Waals surface area contributed by atoms with E-state index in [1.807, 2.05) is 25.1 Å². The second-order valence-electron chi connectivity index (χ2n) is 4.80. The van der Waals surface area contributed by atoms with Gasteiger partial charge in [0.1, 0.15) is 11.2 Å². The van der Waals surface area contributed by atoms with Gasteiger partial charge < -0.3 is 9.40 Å². The van der Waals surface area contributed by atoms with Gasteiger partial charge in [-0.3, -0.25) is 0 Å². The van der Waals surface area contributed by atoms with E-state index in [2.05, 4.69) is 35.8 Å². The van der Waals surface area contributed by atoms with Crippen molar-refractivity contribution in [1.29, 1.82) is 0 Å². The molecule has 4 rings (SSSR count). The van der Waals surface area contributed by atoms with Gasteiger partial charge in [-0.05, 0) is 19.1 Å². The third-order valence-electron chi connectivity index (χ3n) is 3.71. The molecule has 0 fully saturated rings. The Morgan fingerprint density at radius 2 is 1.89 bits per heavy atom. The minimum Gasteiger partial charge on any atom is -0.456 e. The number of aromatic nitrogens is 1. The van der Waals surface area contributed by atoms with Crippen LogP contribution in [0.1, 0.15) is 6.92 Å². The van der Waals surface area contributed by atoms with E-state index in [0.717, 1.165) is 32.8 Å². The van der Waals surface area contributed by atoms with E-state index in [-0.39, 0.29) is 0 Å². The lowest BCUT2D eigenvalue weighted by molar-refractivity contribution is 0.669. The van der Waals surface area contributed by atoms with Crippen LogP contribution < -0.4 is 10.6 Å². The second kappa shape index (κ2) is 3.51. The van der Waals surface area contributed by atoms with Crippen LogP contribution in [-0.4, -0.2) is 4.98 Å². The molecule has 0 spiro atoms. The highest BCUT2D eigenvalue weighted by Crippen LogP contribution is 2.30. The number of fused-ring (bicyclic) bond motifs is 4. The summed E-state index contributed by atoms with van der Waals surface area (Å²) >= 11 is 0. The fourth-order valence-electron chi connectivity index (χ4n) is 2.82. The molecule has 0 aliphatic rings. The maximum Gasteiger partial charge on any atom is 0.137 e. The van der Waals surface area contributed by atoms with Crippen molar-refractivity contribution >= 4 is 45.5 Å². The van der Waals surface area contributed by atoms with Gasteiger partial charge in [-0.25, -0.2) is 0 Å². The largest absolute Gasteiger partial charge is 0.456 e. The molecule has 2 aromatic carbocycles. The van der Waals surface area contributed by atoms with Crippen LogP contribution in [0.4, 0.5) is 0 Å². The first kappa shape index (κ1) is 10.4. The van der Waals surface area contributed by atoms with Crippen molar-refractivity contribution in [3.8, 4) is 0 Å². The van der Waals surface area contributed by atoms with Crippen LogP contribution in [-0.2, 0) is 0 Å². The summed E-state index contributed by atoms with van der Waals surface area (Å²) < 4.78 is 5.89. The van der Waals surface area contributed by atoms with Crippen molar-refractivity contribution in [2.45, 2.75) is 6.92 Å². The van der Waals surface area contributed by atoms with E-state index < -0.39 is 0 Å². The molecule has 2 heteroatoms. The average molecular weight is 247 g/mol. The molecule has 2 heterocycles. The Hall–Kier alpha value is -2.48. The predicted molar refractivity (Wildman–Crippen MR) is 80.5 cm³/mol. The van der Waals surface area contributed by atoms with Gasteiger partial charge in [0, 0.05) is 32.8 Å². The van der Waals surface area contributed by atoms with Gasteiger partial charge in [-0.15, -0.1) is 0 Å². The molecule has 19 heavy (non-hydrogen) atoms. The van der Waals surface area contributed by atoms with Crippen LogP contribution in [0, 0.1) is 0 Å². The molecule has 0 aliphatic carbocycles. The number of furan rings is 1. The van der Waals surface area contributed by atoms with Gasteiger partial charge in [0.05, 0.1) is 5.52 Å². The highest BCUT2D eigenvalue weighted by Gasteiger charge is 2.09. The molecule has 1 N–H and O–H groups in total. The van der Waals surface area contributed by atoms with Crippen molar-refractivity contribution < 1.29 is 4.42 Å². The van der Waals surface area contributed by atoms with E-state index in [9.17, 15) is 0 Å². The van der Waals surface area contributed by atoms with Gasteiger partial charge in [0.15, 0.2) is 0 Å². The third kappa shape index (κ3) is 1.31. The molecule has 92 valence electrons. The van der Waals surface area contributed by atoms with Crippen LogP contribution in [0.5, 0.6) is 0 Å². The summed E-state index contributed by atoms with van der Waals surface area (Å²) in [5, 5.41) is 5.64. The van der Waals surface area contributed by atoms with E-state index in [0.29, 0.717) is 0 Å². The molecule has 0 bridgehead atoms. The quantitative estimate of drug-likeness (QED) is 0.507. The Labute approximate surface area is 109 Å². The van der Waals surface area contributed by atoms with E-state index >= 15 is 0 Å². The number of H-pyrrole nitrogens is 1. The van der Waals surface area contributed by atoms with Crippen LogP contribution in [0.15, 0.2) is 40.8 Å². The van der Waals surface area contributed by atoms with Gasteiger partial charge in [0.2, 0.25) is 0 Å². The van der Waals surface area contributed by atoms with Crippen LogP contribution in [0.25, 0.3) is 45.5 Å². The van der Waals surface area contributed by atoms with Crippen molar-refractivity contribution in [3.05, 3.63) is 47.0 Å². The van der Waals surface area contributed by atoms with Crippen molar-refractivity contribution in [2.75, 3.05) is 0 Å². The fraction of sp³-hybridized carbons (Fsp3) is 0.0588. The van der Waals surface area contributed by atoms with Crippen LogP contribution >= 0.6 is 0 Å². The molecule has 4 aromatic rings. The summed E-state index contributed by atoms with van der Waals surface area (Å²) in [6, 6.07) is 12.4. The predicted octanol–water partition coefficient (Wildman–Crippen LogP) is 3.28.